The summed E-state index contributed by atoms with van der Waals surface area (Å²) < 4.78 is 55.1. The van der Waals surface area contributed by atoms with Crippen molar-refractivity contribution in [2.24, 2.45) is 0 Å². The number of anilines is 4. The van der Waals surface area contributed by atoms with Crippen LogP contribution in [0.1, 0.15) is 61.0 Å². The Morgan fingerprint density at radius 1 is 0.641 bits per heavy atom. The summed E-state index contributed by atoms with van der Waals surface area (Å²) in [7, 11) is 4.17. The number of likely N-dealkylation sites (N-methyl/N-ethyl adjacent to an activating group) is 2. The molecular weight excluding hydrogens is 1030 g/mol. The van der Waals surface area contributed by atoms with E-state index < -0.39 is 17.5 Å². The van der Waals surface area contributed by atoms with Crippen LogP contribution in [0.2, 0.25) is 5.02 Å². The number of carbonyl (C=O) groups excluding carboxylic acids is 2. The van der Waals surface area contributed by atoms with Crippen LogP contribution in [-0.2, 0) is 35.5 Å². The molecule has 0 aliphatic carbocycles. The molecular formula is C56H66ClF3N14O4. The number of hydrogen-bond acceptors (Lipinski definition) is 16. The molecule has 8 heterocycles. The Labute approximate surface area is 458 Å². The van der Waals surface area contributed by atoms with Gasteiger partial charge in [-0.1, -0.05) is 36.9 Å². The van der Waals surface area contributed by atoms with Crippen molar-refractivity contribution in [3.05, 3.63) is 107 Å². The second-order valence-electron chi connectivity index (χ2n) is 20.6. The zero-order valence-corrected chi connectivity index (χ0v) is 45.1. The minimum atomic E-state index is -0.887. The molecule has 4 atom stereocenters. The van der Waals surface area contributed by atoms with Crippen LogP contribution in [0.3, 0.4) is 0 Å². The Balaban J connectivity index is 0.000000190. The first-order valence-electron chi connectivity index (χ1n) is 26.7. The molecule has 18 nitrogen and oxygen atoms in total. The highest BCUT2D eigenvalue weighted by Crippen LogP contribution is 2.37. The van der Waals surface area contributed by atoms with Gasteiger partial charge in [-0.3, -0.25) is 9.59 Å². The van der Waals surface area contributed by atoms with Crippen molar-refractivity contribution < 1.29 is 32.2 Å². The van der Waals surface area contributed by atoms with Crippen LogP contribution in [0, 0.1) is 40.1 Å². The monoisotopic (exact) mass is 1090 g/mol. The average Bonchev–Trinajstić information content (AvgIpc) is 4.10. The SMILES string of the molecule is C=CC(=O)N1CCN(c2nc(OC[C@@H]3CCCN3C)nc3c2CCN(c2cccc(F)c2Cl)C3)C[C@@H]1CC#N.C=CC(=O)N1CCN(c2nc(OC[C@@H]3CCCN3C)nc3c2CCN(c2cccc(F)c2F)C3)C[C@@H]1CC#N. The summed E-state index contributed by atoms with van der Waals surface area (Å²) in [6, 6.07) is 14.0. The Morgan fingerprint density at radius 3 is 1.55 bits per heavy atom. The van der Waals surface area contributed by atoms with Gasteiger partial charge in [0.05, 0.1) is 77.9 Å². The lowest BCUT2D eigenvalue weighted by Crippen LogP contribution is -2.55. The topological polar surface area (TPSA) is 178 Å². The number of benzene rings is 2. The Bertz CT molecular complexity index is 2760. The highest BCUT2D eigenvalue weighted by molar-refractivity contribution is 6.33. The van der Waals surface area contributed by atoms with E-state index in [2.05, 4.69) is 59.0 Å². The summed E-state index contributed by atoms with van der Waals surface area (Å²) in [5.74, 6) is -1.11. The Kier molecular flexibility index (Phi) is 17.9. The summed E-state index contributed by atoms with van der Waals surface area (Å²) in [5, 5.41) is 18.9. The van der Waals surface area contributed by atoms with Crippen molar-refractivity contribution in [2.75, 3.05) is 112 Å². The molecule has 0 N–H and O–H groups in total. The summed E-state index contributed by atoms with van der Waals surface area (Å²) >= 11 is 6.32. The first kappa shape index (κ1) is 55.6. The van der Waals surface area contributed by atoms with Gasteiger partial charge in [0, 0.05) is 75.6 Å². The average molecular weight is 1090 g/mol. The van der Waals surface area contributed by atoms with Gasteiger partial charge in [0.2, 0.25) is 11.8 Å². The highest BCUT2D eigenvalue weighted by atomic mass is 35.5. The molecule has 2 amide bonds. The maximum Gasteiger partial charge on any atom is 0.318 e. The number of likely N-dealkylation sites (tertiary alicyclic amines) is 2. The quantitative estimate of drug-likeness (QED) is 0.128. The molecule has 2 aromatic heterocycles. The first-order chi connectivity index (χ1) is 37.8. The Hall–Kier alpha value is -7.20. The third-order valence-corrected chi connectivity index (χ3v) is 16.2. The fourth-order valence-electron chi connectivity index (χ4n) is 11.5. The lowest BCUT2D eigenvalue weighted by molar-refractivity contribution is -0.129. The van der Waals surface area contributed by atoms with E-state index in [0.29, 0.717) is 114 Å². The van der Waals surface area contributed by atoms with Gasteiger partial charge in [-0.15, -0.1) is 0 Å². The van der Waals surface area contributed by atoms with Crippen molar-refractivity contribution >= 4 is 46.4 Å². The van der Waals surface area contributed by atoms with E-state index in [1.165, 1.54) is 24.3 Å². The van der Waals surface area contributed by atoms with Crippen molar-refractivity contribution in [1.29, 1.82) is 10.5 Å². The molecule has 0 radical (unpaired) electrons. The molecule has 2 aromatic carbocycles. The number of fused-ring (bicyclic) bond motifs is 2. The van der Waals surface area contributed by atoms with Gasteiger partial charge < -0.3 is 48.7 Å². The van der Waals surface area contributed by atoms with Gasteiger partial charge in [0.1, 0.15) is 30.7 Å². The first-order valence-corrected chi connectivity index (χ1v) is 27.1. The summed E-state index contributed by atoms with van der Waals surface area (Å²) in [6.45, 7) is 14.9. The molecule has 6 aliphatic heterocycles. The number of hydrogen-bond donors (Lipinski definition) is 0. The van der Waals surface area contributed by atoms with Crippen LogP contribution in [0.25, 0.3) is 0 Å². The van der Waals surface area contributed by atoms with Crippen LogP contribution < -0.4 is 29.1 Å². The Morgan fingerprint density at radius 2 is 1.10 bits per heavy atom. The summed E-state index contributed by atoms with van der Waals surface area (Å²) in [6.07, 6.45) is 8.49. The third-order valence-electron chi connectivity index (χ3n) is 15.9. The van der Waals surface area contributed by atoms with Gasteiger partial charge in [0.15, 0.2) is 11.6 Å². The highest BCUT2D eigenvalue weighted by Gasteiger charge is 2.36. The van der Waals surface area contributed by atoms with Gasteiger partial charge >= 0.3 is 12.0 Å². The lowest BCUT2D eigenvalue weighted by atomic mass is 10.0. The maximum absolute atomic E-state index is 14.6. The van der Waals surface area contributed by atoms with Crippen molar-refractivity contribution in [1.82, 2.24) is 39.5 Å². The number of nitriles is 2. The van der Waals surface area contributed by atoms with E-state index in [-0.39, 0.29) is 66.0 Å². The van der Waals surface area contributed by atoms with Crippen LogP contribution in [-0.4, -0.2) is 168 Å². The van der Waals surface area contributed by atoms with Gasteiger partial charge in [-0.05, 0) is 102 Å². The number of rotatable bonds is 14. The lowest BCUT2D eigenvalue weighted by Gasteiger charge is -2.42. The number of halogens is 4. The minimum absolute atomic E-state index is 0.0957. The molecule has 412 valence electrons. The molecule has 4 aromatic rings. The predicted octanol–water partition coefficient (Wildman–Crippen LogP) is 6.33. The van der Waals surface area contributed by atoms with E-state index in [0.717, 1.165) is 67.5 Å². The molecule has 22 heteroatoms. The second-order valence-corrected chi connectivity index (χ2v) is 20.9. The fourth-order valence-corrected chi connectivity index (χ4v) is 11.8. The standard InChI is InChI=1S/C28H33ClFN7O2.C28H33F2N7O2/c1-3-25(38)37-15-14-36(16-19(37)9-11-31)27-21-10-13-35(24-8-4-7-22(30)26(24)29)17-23(21)32-28(33-27)39-18-20-6-5-12-34(20)2;1-3-25(38)37-15-14-36(16-19(37)9-11-31)27-21-10-13-35(24-8-4-7-22(29)26(24)30)17-23(21)32-28(33-27)39-18-20-6-5-12-34(20)2/h2*3-4,7-8,19-20H,1,5-6,9-10,12-18H2,2H3/t2*19-,20-/m00/s1. The molecule has 4 saturated heterocycles. The van der Waals surface area contributed by atoms with E-state index in [4.69, 9.17) is 41.0 Å². The number of aromatic nitrogens is 4. The number of carbonyl (C=O) groups is 2. The number of ether oxygens (including phenoxy) is 2. The predicted molar refractivity (Wildman–Crippen MR) is 290 cm³/mol. The molecule has 4 fully saturated rings. The fraction of sp³-hybridized carbons (Fsp3) is 0.500. The second kappa shape index (κ2) is 25.1. The number of piperazine rings is 2. The van der Waals surface area contributed by atoms with Crippen molar-refractivity contribution in [2.45, 2.75) is 88.6 Å². The zero-order chi connectivity index (χ0) is 55.0. The van der Waals surface area contributed by atoms with Gasteiger partial charge in [0.25, 0.3) is 0 Å². The zero-order valence-electron chi connectivity index (χ0n) is 44.3. The van der Waals surface area contributed by atoms with Crippen molar-refractivity contribution in [3.63, 3.8) is 0 Å². The molecule has 0 unspecified atom stereocenters. The number of nitrogens with zero attached hydrogens (tertiary/aromatic N) is 14. The molecule has 0 spiro atoms. The van der Waals surface area contributed by atoms with E-state index in [9.17, 15) is 33.3 Å². The molecule has 6 aliphatic rings. The van der Waals surface area contributed by atoms with E-state index in [1.54, 1.807) is 26.8 Å². The number of amides is 2. The van der Waals surface area contributed by atoms with Gasteiger partial charge in [-0.2, -0.15) is 30.5 Å². The largest absolute Gasteiger partial charge is 0.462 e. The van der Waals surface area contributed by atoms with Crippen molar-refractivity contribution in [3.8, 4) is 24.2 Å². The molecule has 0 saturated carbocycles. The normalized spacial score (nSPS) is 21.4. The van der Waals surface area contributed by atoms with E-state index >= 15 is 0 Å². The summed E-state index contributed by atoms with van der Waals surface area (Å²) in [5.41, 5.74) is 4.26. The smallest absolute Gasteiger partial charge is 0.318 e. The maximum atomic E-state index is 14.6. The van der Waals surface area contributed by atoms with Gasteiger partial charge in [-0.25, -0.2) is 13.2 Å². The van der Waals surface area contributed by atoms with Crippen LogP contribution in [0.5, 0.6) is 12.0 Å². The van der Waals surface area contributed by atoms with E-state index in [1.807, 2.05) is 11.0 Å². The summed E-state index contributed by atoms with van der Waals surface area (Å²) in [4.78, 5) is 60.0. The van der Waals surface area contributed by atoms with Crippen LogP contribution >= 0.6 is 11.6 Å². The molecule has 78 heavy (non-hydrogen) atoms. The third kappa shape index (κ3) is 12.2. The minimum Gasteiger partial charge on any atom is -0.462 e. The molecule has 10 rings (SSSR count). The van der Waals surface area contributed by atoms with Crippen LogP contribution in [0.15, 0.2) is 61.7 Å². The molecule has 0 bridgehead atoms. The van der Waals surface area contributed by atoms with Crippen LogP contribution in [0.4, 0.5) is 36.2 Å².